The number of benzene rings is 2. The lowest BCUT2D eigenvalue weighted by atomic mass is 10.1. The van der Waals surface area contributed by atoms with Crippen molar-refractivity contribution in [1.29, 1.82) is 0 Å². The first-order valence-corrected chi connectivity index (χ1v) is 10.4. The molecule has 0 unspecified atom stereocenters. The number of sulfonamides is 1. The van der Waals surface area contributed by atoms with E-state index in [4.69, 9.17) is 11.6 Å². The number of nitrogens with zero attached hydrogens (tertiary/aromatic N) is 2. The van der Waals surface area contributed by atoms with Gasteiger partial charge < -0.3 is 5.32 Å². The number of halogens is 1. The molecule has 1 aliphatic rings. The second kappa shape index (κ2) is 7.84. The van der Waals surface area contributed by atoms with Crippen molar-refractivity contribution in [2.45, 2.75) is 30.7 Å². The molecule has 1 aliphatic heterocycles. The van der Waals surface area contributed by atoms with Gasteiger partial charge in [0.15, 0.2) is 0 Å². The van der Waals surface area contributed by atoms with Crippen LogP contribution in [-0.2, 0) is 10.0 Å². The van der Waals surface area contributed by atoms with Gasteiger partial charge in [0.05, 0.1) is 15.9 Å². The lowest BCUT2D eigenvalue weighted by molar-refractivity contribution is -0.384. The molecule has 0 bridgehead atoms. The van der Waals surface area contributed by atoms with E-state index < -0.39 is 14.9 Å². The molecule has 1 fully saturated rings. The van der Waals surface area contributed by atoms with E-state index in [9.17, 15) is 18.5 Å². The summed E-state index contributed by atoms with van der Waals surface area (Å²) in [6.45, 7) is 2.72. The molecular formula is C18H20ClN3O4S. The summed E-state index contributed by atoms with van der Waals surface area (Å²) in [6.07, 6.45) is 1.60. The predicted octanol–water partition coefficient (Wildman–Crippen LogP) is 4.21. The predicted molar refractivity (Wildman–Crippen MR) is 105 cm³/mol. The number of anilines is 1. The second-order valence-electron chi connectivity index (χ2n) is 6.43. The number of nitrogens with one attached hydrogen (secondary N) is 1. The summed E-state index contributed by atoms with van der Waals surface area (Å²) in [5.74, 6) is 0. The maximum absolute atomic E-state index is 12.7. The summed E-state index contributed by atoms with van der Waals surface area (Å²) in [5.41, 5.74) is 0.754. The first kappa shape index (κ1) is 19.6. The Bertz CT molecular complexity index is 959. The first-order valence-electron chi connectivity index (χ1n) is 8.60. The Morgan fingerprint density at radius 3 is 2.48 bits per heavy atom. The lowest BCUT2D eigenvalue weighted by Crippen LogP contribution is -2.27. The number of nitro groups is 1. The highest BCUT2D eigenvalue weighted by Gasteiger charge is 2.29. The van der Waals surface area contributed by atoms with Crippen molar-refractivity contribution in [2.75, 3.05) is 18.4 Å². The van der Waals surface area contributed by atoms with Crippen LogP contribution in [0.25, 0.3) is 0 Å². The Hall–Kier alpha value is -2.16. The Labute approximate surface area is 163 Å². The third-order valence-electron chi connectivity index (χ3n) is 4.61. The van der Waals surface area contributed by atoms with E-state index >= 15 is 0 Å². The van der Waals surface area contributed by atoms with Crippen molar-refractivity contribution < 1.29 is 13.3 Å². The average Bonchev–Trinajstić information content (AvgIpc) is 3.17. The molecule has 1 saturated heterocycles. The molecule has 9 heteroatoms. The van der Waals surface area contributed by atoms with Crippen LogP contribution < -0.4 is 5.32 Å². The van der Waals surface area contributed by atoms with E-state index in [-0.39, 0.29) is 22.3 Å². The molecule has 0 amide bonds. The highest BCUT2D eigenvalue weighted by Crippen LogP contribution is 2.33. The monoisotopic (exact) mass is 409 g/mol. The van der Waals surface area contributed by atoms with Gasteiger partial charge >= 0.3 is 0 Å². The normalized spacial score (nSPS) is 16.2. The lowest BCUT2D eigenvalue weighted by Gasteiger charge is -2.18. The molecule has 0 radical (unpaired) electrons. The molecule has 2 aromatic carbocycles. The van der Waals surface area contributed by atoms with Gasteiger partial charge in [-0.25, -0.2) is 8.42 Å². The van der Waals surface area contributed by atoms with Crippen LogP contribution in [0.5, 0.6) is 0 Å². The average molecular weight is 410 g/mol. The molecule has 1 atom stereocenters. The van der Waals surface area contributed by atoms with Gasteiger partial charge in [0.25, 0.3) is 5.69 Å². The SMILES string of the molecule is C[C@@H](Nc1ccc(S(=O)(=O)N2CCCC2)cc1[N+](=O)[O-])c1ccccc1Cl. The molecule has 144 valence electrons. The standard InChI is InChI=1S/C18H20ClN3O4S/c1-13(15-6-2-3-7-16(15)19)20-17-9-8-14(12-18(17)22(23)24)27(25,26)21-10-4-5-11-21/h2-3,6-9,12-13,20H,4-5,10-11H2,1H3/t13-/m1/s1. The minimum Gasteiger partial charge on any atom is -0.373 e. The number of nitro benzene ring substituents is 1. The zero-order valence-corrected chi connectivity index (χ0v) is 16.3. The number of hydrogen-bond acceptors (Lipinski definition) is 5. The maximum Gasteiger partial charge on any atom is 0.293 e. The Balaban J connectivity index is 1.93. The largest absolute Gasteiger partial charge is 0.373 e. The van der Waals surface area contributed by atoms with Gasteiger partial charge in [0.1, 0.15) is 5.69 Å². The van der Waals surface area contributed by atoms with E-state index in [1.54, 1.807) is 12.1 Å². The van der Waals surface area contributed by atoms with Gasteiger partial charge in [-0.1, -0.05) is 29.8 Å². The maximum atomic E-state index is 12.7. The fraction of sp³-hybridized carbons (Fsp3) is 0.333. The van der Waals surface area contributed by atoms with E-state index in [1.807, 2.05) is 19.1 Å². The molecule has 1 heterocycles. The Kier molecular flexibility index (Phi) is 5.69. The third-order valence-corrected chi connectivity index (χ3v) is 6.85. The van der Waals surface area contributed by atoms with Crippen LogP contribution in [0.15, 0.2) is 47.4 Å². The smallest absolute Gasteiger partial charge is 0.293 e. The summed E-state index contributed by atoms with van der Waals surface area (Å²) in [6, 6.07) is 10.9. The first-order chi connectivity index (χ1) is 12.8. The van der Waals surface area contributed by atoms with Crippen LogP contribution in [0.4, 0.5) is 11.4 Å². The summed E-state index contributed by atoms with van der Waals surface area (Å²) in [5, 5.41) is 15.2. The van der Waals surface area contributed by atoms with E-state index in [2.05, 4.69) is 5.32 Å². The molecular weight excluding hydrogens is 390 g/mol. The minimum absolute atomic E-state index is 0.0629. The van der Waals surface area contributed by atoms with Crippen LogP contribution >= 0.6 is 11.6 Å². The fourth-order valence-electron chi connectivity index (χ4n) is 3.16. The summed E-state index contributed by atoms with van der Waals surface area (Å²) >= 11 is 6.19. The van der Waals surface area contributed by atoms with Crippen molar-refractivity contribution in [1.82, 2.24) is 4.31 Å². The molecule has 0 aromatic heterocycles. The van der Waals surface area contributed by atoms with Crippen molar-refractivity contribution in [3.05, 3.63) is 63.2 Å². The quantitative estimate of drug-likeness (QED) is 0.570. The molecule has 7 nitrogen and oxygen atoms in total. The van der Waals surface area contributed by atoms with Crippen molar-refractivity contribution >= 4 is 33.0 Å². The number of hydrogen-bond donors (Lipinski definition) is 1. The van der Waals surface area contributed by atoms with Gasteiger partial charge in [0, 0.05) is 24.2 Å². The minimum atomic E-state index is -3.72. The van der Waals surface area contributed by atoms with Gasteiger partial charge in [-0.05, 0) is 43.5 Å². The summed E-state index contributed by atoms with van der Waals surface area (Å²) in [7, 11) is -3.72. The Morgan fingerprint density at radius 2 is 1.85 bits per heavy atom. The third kappa shape index (κ3) is 4.07. The highest BCUT2D eigenvalue weighted by molar-refractivity contribution is 7.89. The van der Waals surface area contributed by atoms with E-state index in [1.165, 1.54) is 16.4 Å². The molecule has 1 N–H and O–H groups in total. The van der Waals surface area contributed by atoms with Gasteiger partial charge in [-0.15, -0.1) is 0 Å². The van der Waals surface area contributed by atoms with Gasteiger partial charge in [0.2, 0.25) is 10.0 Å². The molecule has 2 aromatic rings. The van der Waals surface area contributed by atoms with Crippen molar-refractivity contribution in [3.63, 3.8) is 0 Å². The van der Waals surface area contributed by atoms with Gasteiger partial charge in [-0.3, -0.25) is 10.1 Å². The van der Waals surface area contributed by atoms with E-state index in [0.717, 1.165) is 24.5 Å². The molecule has 27 heavy (non-hydrogen) atoms. The van der Waals surface area contributed by atoms with Crippen molar-refractivity contribution in [3.8, 4) is 0 Å². The van der Waals surface area contributed by atoms with Crippen LogP contribution in [0, 0.1) is 10.1 Å². The van der Waals surface area contributed by atoms with Crippen molar-refractivity contribution in [2.24, 2.45) is 0 Å². The van der Waals surface area contributed by atoms with Gasteiger partial charge in [-0.2, -0.15) is 4.31 Å². The zero-order chi connectivity index (χ0) is 19.6. The summed E-state index contributed by atoms with van der Waals surface area (Å²) < 4.78 is 26.7. The van der Waals surface area contributed by atoms with Crippen LogP contribution in [0.3, 0.4) is 0 Å². The molecule has 3 rings (SSSR count). The Morgan fingerprint density at radius 1 is 1.19 bits per heavy atom. The molecule has 0 saturated carbocycles. The highest BCUT2D eigenvalue weighted by atomic mass is 35.5. The zero-order valence-electron chi connectivity index (χ0n) is 14.8. The second-order valence-corrected chi connectivity index (χ2v) is 8.78. The van der Waals surface area contributed by atoms with Crippen LogP contribution in [0.1, 0.15) is 31.4 Å². The van der Waals surface area contributed by atoms with Crippen LogP contribution in [0.2, 0.25) is 5.02 Å². The van der Waals surface area contributed by atoms with E-state index in [0.29, 0.717) is 18.1 Å². The summed E-state index contributed by atoms with van der Waals surface area (Å²) in [4.78, 5) is 10.9. The molecule has 0 aliphatic carbocycles. The van der Waals surface area contributed by atoms with Crippen LogP contribution in [-0.4, -0.2) is 30.7 Å². The topological polar surface area (TPSA) is 92.6 Å². The number of rotatable bonds is 6. The fourth-order valence-corrected chi connectivity index (χ4v) is 5.00. The molecule has 0 spiro atoms.